The molecule has 0 fully saturated rings. The predicted molar refractivity (Wildman–Crippen MR) is 97.3 cm³/mol. The Kier molecular flexibility index (Phi) is 6.89. The van der Waals surface area contributed by atoms with Crippen LogP contribution < -0.4 is 11.1 Å². The van der Waals surface area contributed by atoms with Gasteiger partial charge in [-0.05, 0) is 41.9 Å². The Labute approximate surface area is 135 Å². The molecule has 2 aromatic rings. The summed E-state index contributed by atoms with van der Waals surface area (Å²) >= 11 is 3.38. The van der Waals surface area contributed by atoms with Crippen LogP contribution in [0.1, 0.15) is 25.7 Å². The quantitative estimate of drug-likeness (QED) is 0.656. The third-order valence-corrected chi connectivity index (χ3v) is 4.86. The normalized spacial score (nSPS) is 10.7. The maximum Gasteiger partial charge on any atom is 0.147 e. The van der Waals surface area contributed by atoms with Crippen molar-refractivity contribution >= 4 is 34.1 Å². The van der Waals surface area contributed by atoms with E-state index in [1.165, 1.54) is 43.0 Å². The van der Waals surface area contributed by atoms with E-state index in [9.17, 15) is 0 Å². The molecule has 1 heterocycles. The molecule has 5 heteroatoms. The molecule has 3 nitrogen and oxygen atoms in total. The van der Waals surface area contributed by atoms with Gasteiger partial charge in [-0.25, -0.2) is 0 Å². The van der Waals surface area contributed by atoms with Crippen LogP contribution in [0.3, 0.4) is 0 Å². The van der Waals surface area contributed by atoms with Crippen molar-refractivity contribution in [2.75, 3.05) is 29.6 Å². The van der Waals surface area contributed by atoms with E-state index in [0.29, 0.717) is 5.82 Å². The molecule has 0 aliphatic rings. The van der Waals surface area contributed by atoms with Crippen LogP contribution in [-0.2, 0) is 0 Å². The predicted octanol–water partition coefficient (Wildman–Crippen LogP) is 4.73. The molecule has 0 saturated carbocycles. The van der Waals surface area contributed by atoms with Crippen molar-refractivity contribution in [3.63, 3.8) is 0 Å². The molecule has 0 aliphatic heterocycles. The minimum Gasteiger partial charge on any atom is -0.382 e. The molecule has 0 saturated heterocycles. The van der Waals surface area contributed by atoms with Gasteiger partial charge in [-0.3, -0.25) is 0 Å². The van der Waals surface area contributed by atoms with E-state index in [1.807, 2.05) is 30.0 Å². The molecule has 21 heavy (non-hydrogen) atoms. The van der Waals surface area contributed by atoms with E-state index in [1.54, 1.807) is 0 Å². The minimum atomic E-state index is 0.619. The summed E-state index contributed by atoms with van der Waals surface area (Å²) in [5.41, 5.74) is 8.19. The Morgan fingerprint density at radius 2 is 1.90 bits per heavy atom. The van der Waals surface area contributed by atoms with Gasteiger partial charge in [-0.1, -0.05) is 43.2 Å². The van der Waals surface area contributed by atoms with Crippen LogP contribution in [0, 0.1) is 0 Å². The largest absolute Gasteiger partial charge is 0.382 e. The molecule has 0 aliphatic carbocycles. The highest BCUT2D eigenvalue weighted by Gasteiger charge is 2.12. The number of aromatic nitrogens is 1. The first kappa shape index (κ1) is 16.2. The Balaban J connectivity index is 1.84. The number of benzene rings is 1. The van der Waals surface area contributed by atoms with E-state index in [4.69, 9.17) is 5.73 Å². The van der Waals surface area contributed by atoms with Crippen molar-refractivity contribution in [2.24, 2.45) is 0 Å². The standard InChI is InChI=1S/C16H23N3S2/c1-20-12-8-3-2-7-11-18-16-14(15(17)19-21-16)13-9-5-4-6-10-13/h4-6,9-10,18H,2-3,7-8,11-12H2,1H3,(H2,17,19). The van der Waals surface area contributed by atoms with Crippen LogP contribution in [0.2, 0.25) is 0 Å². The van der Waals surface area contributed by atoms with Crippen molar-refractivity contribution in [3.8, 4) is 11.1 Å². The molecule has 114 valence electrons. The molecular formula is C16H23N3S2. The third-order valence-electron chi connectivity index (χ3n) is 3.34. The number of nitrogen functional groups attached to an aromatic ring is 1. The van der Waals surface area contributed by atoms with Gasteiger partial charge in [0.2, 0.25) is 0 Å². The third kappa shape index (κ3) is 4.93. The Bertz CT molecular complexity index is 526. The molecule has 2 rings (SSSR count). The van der Waals surface area contributed by atoms with Gasteiger partial charge >= 0.3 is 0 Å². The van der Waals surface area contributed by atoms with Crippen LogP contribution in [0.15, 0.2) is 30.3 Å². The van der Waals surface area contributed by atoms with Crippen molar-refractivity contribution in [1.82, 2.24) is 4.37 Å². The van der Waals surface area contributed by atoms with Gasteiger partial charge in [0.15, 0.2) is 0 Å². The topological polar surface area (TPSA) is 50.9 Å². The number of nitrogens with zero attached hydrogens (tertiary/aromatic N) is 1. The second-order valence-corrected chi connectivity index (χ2v) is 6.73. The first-order chi connectivity index (χ1) is 10.3. The molecule has 0 unspecified atom stereocenters. The molecule has 1 aromatic heterocycles. The van der Waals surface area contributed by atoms with Gasteiger partial charge in [-0.15, -0.1) is 0 Å². The van der Waals surface area contributed by atoms with E-state index in [-0.39, 0.29) is 0 Å². The zero-order valence-electron chi connectivity index (χ0n) is 12.5. The first-order valence-electron chi connectivity index (χ1n) is 7.36. The van der Waals surface area contributed by atoms with Crippen LogP contribution in [-0.4, -0.2) is 22.9 Å². The van der Waals surface area contributed by atoms with Gasteiger partial charge in [0.05, 0.1) is 5.56 Å². The van der Waals surface area contributed by atoms with Crippen LogP contribution in [0.4, 0.5) is 10.8 Å². The number of hydrogen-bond donors (Lipinski definition) is 2. The number of hydrogen-bond acceptors (Lipinski definition) is 5. The molecule has 3 N–H and O–H groups in total. The molecule has 0 amide bonds. The summed E-state index contributed by atoms with van der Waals surface area (Å²) in [6, 6.07) is 10.2. The van der Waals surface area contributed by atoms with E-state index >= 15 is 0 Å². The van der Waals surface area contributed by atoms with Crippen molar-refractivity contribution in [2.45, 2.75) is 25.7 Å². The number of anilines is 2. The summed E-state index contributed by atoms with van der Waals surface area (Å²) in [5.74, 6) is 1.89. The maximum atomic E-state index is 6.02. The summed E-state index contributed by atoms with van der Waals surface area (Å²) in [4.78, 5) is 0. The van der Waals surface area contributed by atoms with Gasteiger partial charge < -0.3 is 11.1 Å². The fourth-order valence-electron chi connectivity index (χ4n) is 2.23. The average Bonchev–Trinajstić information content (AvgIpc) is 2.88. The number of rotatable bonds is 9. The summed E-state index contributed by atoms with van der Waals surface area (Å²) in [5, 5.41) is 4.58. The zero-order chi connectivity index (χ0) is 14.9. The summed E-state index contributed by atoms with van der Waals surface area (Å²) in [6.07, 6.45) is 7.28. The minimum absolute atomic E-state index is 0.619. The zero-order valence-corrected chi connectivity index (χ0v) is 14.1. The lowest BCUT2D eigenvalue weighted by atomic mass is 10.1. The van der Waals surface area contributed by atoms with Gasteiger partial charge in [0.25, 0.3) is 0 Å². The Morgan fingerprint density at radius 1 is 1.14 bits per heavy atom. The smallest absolute Gasteiger partial charge is 0.147 e. The molecule has 1 aromatic carbocycles. The first-order valence-corrected chi connectivity index (χ1v) is 9.53. The van der Waals surface area contributed by atoms with Gasteiger partial charge in [0, 0.05) is 6.54 Å². The summed E-state index contributed by atoms with van der Waals surface area (Å²) in [7, 11) is 0. The highest BCUT2D eigenvalue weighted by Crippen LogP contribution is 2.36. The second kappa shape index (κ2) is 8.95. The second-order valence-electron chi connectivity index (χ2n) is 4.97. The van der Waals surface area contributed by atoms with E-state index < -0.39 is 0 Å². The number of thioether (sulfide) groups is 1. The molecule has 0 bridgehead atoms. The van der Waals surface area contributed by atoms with Crippen LogP contribution in [0.5, 0.6) is 0 Å². The van der Waals surface area contributed by atoms with Crippen LogP contribution >= 0.6 is 23.3 Å². The van der Waals surface area contributed by atoms with E-state index in [2.05, 4.69) is 28.1 Å². The summed E-state index contributed by atoms with van der Waals surface area (Å²) in [6.45, 7) is 0.987. The molecular weight excluding hydrogens is 298 g/mol. The SMILES string of the molecule is CSCCCCCCNc1snc(N)c1-c1ccccc1. The van der Waals surface area contributed by atoms with Gasteiger partial charge in [-0.2, -0.15) is 16.1 Å². The number of nitrogens with one attached hydrogen (secondary N) is 1. The highest BCUT2D eigenvalue weighted by atomic mass is 32.2. The van der Waals surface area contributed by atoms with Crippen molar-refractivity contribution < 1.29 is 0 Å². The molecule has 0 spiro atoms. The Hall–Kier alpha value is -1.20. The highest BCUT2D eigenvalue weighted by molar-refractivity contribution is 7.98. The fraction of sp³-hybridized carbons (Fsp3) is 0.438. The van der Waals surface area contributed by atoms with Crippen LogP contribution in [0.25, 0.3) is 11.1 Å². The van der Waals surface area contributed by atoms with E-state index in [0.717, 1.165) is 22.7 Å². The Morgan fingerprint density at radius 3 is 2.67 bits per heavy atom. The monoisotopic (exact) mass is 321 g/mol. The fourth-order valence-corrected chi connectivity index (χ4v) is 3.49. The lowest BCUT2D eigenvalue weighted by molar-refractivity contribution is 0.689. The summed E-state index contributed by atoms with van der Waals surface area (Å²) < 4.78 is 4.29. The average molecular weight is 322 g/mol. The van der Waals surface area contributed by atoms with Crippen molar-refractivity contribution in [3.05, 3.63) is 30.3 Å². The number of unbranched alkanes of at least 4 members (excludes halogenated alkanes) is 3. The lowest BCUT2D eigenvalue weighted by Gasteiger charge is -2.07. The van der Waals surface area contributed by atoms with Crippen molar-refractivity contribution in [1.29, 1.82) is 0 Å². The van der Waals surface area contributed by atoms with Gasteiger partial charge in [0.1, 0.15) is 10.8 Å². The molecule has 0 atom stereocenters. The number of nitrogens with two attached hydrogens (primary N) is 1. The lowest BCUT2D eigenvalue weighted by Crippen LogP contribution is -2.01. The molecule has 0 radical (unpaired) electrons. The maximum absolute atomic E-state index is 6.02.